The highest BCUT2D eigenvalue weighted by molar-refractivity contribution is 5.78. The van der Waals surface area contributed by atoms with Crippen LogP contribution in [-0.4, -0.2) is 22.5 Å². The Kier molecular flexibility index (Phi) is 4.88. The van der Waals surface area contributed by atoms with E-state index in [1.807, 2.05) is 19.1 Å². The minimum atomic E-state index is -1.26. The molecule has 0 radical (unpaired) electrons. The van der Waals surface area contributed by atoms with Gasteiger partial charge in [-0.3, -0.25) is 9.78 Å². The Balaban J connectivity index is 1.92. The van der Waals surface area contributed by atoms with Crippen LogP contribution in [0.4, 0.5) is 4.39 Å². The lowest BCUT2D eigenvalue weighted by molar-refractivity contribution is -0.121. The maximum Gasteiger partial charge on any atom is 0.224 e. The molecule has 1 aromatic heterocycles. The molecule has 1 atom stereocenters. The van der Waals surface area contributed by atoms with E-state index >= 15 is 0 Å². The van der Waals surface area contributed by atoms with Crippen LogP contribution in [0.2, 0.25) is 0 Å². The van der Waals surface area contributed by atoms with Crippen LogP contribution in [0.3, 0.4) is 0 Å². The van der Waals surface area contributed by atoms with Crippen molar-refractivity contribution >= 4 is 5.91 Å². The summed E-state index contributed by atoms with van der Waals surface area (Å²) in [7, 11) is 0. The number of nitrogens with one attached hydrogen (secondary N) is 1. The Hall–Kier alpha value is -2.27. The summed E-state index contributed by atoms with van der Waals surface area (Å²) < 4.78 is 12.9. The normalized spacial score (nSPS) is 13.5. The molecule has 2 aromatic rings. The number of amides is 1. The summed E-state index contributed by atoms with van der Waals surface area (Å²) in [6.07, 6.45) is 1.86. The monoisotopic (exact) mass is 302 g/mol. The van der Waals surface area contributed by atoms with Gasteiger partial charge in [-0.25, -0.2) is 4.39 Å². The van der Waals surface area contributed by atoms with Crippen LogP contribution in [0.25, 0.3) is 0 Å². The van der Waals surface area contributed by atoms with Gasteiger partial charge in [-0.15, -0.1) is 0 Å². The first kappa shape index (κ1) is 16.1. The molecule has 1 aromatic carbocycles. The van der Waals surface area contributed by atoms with Gasteiger partial charge in [0.25, 0.3) is 0 Å². The van der Waals surface area contributed by atoms with Crippen molar-refractivity contribution in [3.05, 3.63) is 65.2 Å². The van der Waals surface area contributed by atoms with E-state index in [0.717, 1.165) is 11.3 Å². The number of hydrogen-bond acceptors (Lipinski definition) is 3. The predicted molar refractivity (Wildman–Crippen MR) is 81.7 cm³/mol. The van der Waals surface area contributed by atoms with Crippen molar-refractivity contribution < 1.29 is 14.3 Å². The summed E-state index contributed by atoms with van der Waals surface area (Å²) >= 11 is 0. The number of carbonyl (C=O) groups is 1. The number of rotatable bonds is 5. The SMILES string of the molecule is Cc1ccc(CC(=O)NCC(C)(O)c2ccc(F)cc2)cn1. The molecule has 0 aliphatic heterocycles. The first-order chi connectivity index (χ1) is 10.4. The molecular formula is C17H19FN2O2. The zero-order valence-electron chi connectivity index (χ0n) is 12.6. The highest BCUT2D eigenvalue weighted by atomic mass is 19.1. The summed E-state index contributed by atoms with van der Waals surface area (Å²) in [6, 6.07) is 9.27. The van der Waals surface area contributed by atoms with E-state index in [9.17, 15) is 14.3 Å². The molecule has 0 spiro atoms. The van der Waals surface area contributed by atoms with Crippen LogP contribution in [-0.2, 0) is 16.8 Å². The number of halogens is 1. The van der Waals surface area contributed by atoms with Crippen molar-refractivity contribution in [3.8, 4) is 0 Å². The molecule has 0 fully saturated rings. The van der Waals surface area contributed by atoms with Crippen molar-refractivity contribution in [1.82, 2.24) is 10.3 Å². The number of carbonyl (C=O) groups excluding carboxylic acids is 1. The third-order valence-corrected chi connectivity index (χ3v) is 3.43. The molecule has 2 N–H and O–H groups in total. The second-order valence-corrected chi connectivity index (χ2v) is 5.54. The van der Waals surface area contributed by atoms with Gasteiger partial charge in [0.1, 0.15) is 11.4 Å². The van der Waals surface area contributed by atoms with Crippen LogP contribution in [0.5, 0.6) is 0 Å². The Bertz CT molecular complexity index is 637. The number of aliphatic hydroxyl groups is 1. The highest BCUT2D eigenvalue weighted by Gasteiger charge is 2.23. The van der Waals surface area contributed by atoms with Crippen LogP contribution in [0, 0.1) is 12.7 Å². The molecule has 4 nitrogen and oxygen atoms in total. The van der Waals surface area contributed by atoms with Gasteiger partial charge in [0.15, 0.2) is 0 Å². The van der Waals surface area contributed by atoms with Crippen LogP contribution >= 0.6 is 0 Å². The van der Waals surface area contributed by atoms with E-state index in [0.29, 0.717) is 5.56 Å². The van der Waals surface area contributed by atoms with Crippen molar-refractivity contribution in [1.29, 1.82) is 0 Å². The molecule has 0 aliphatic carbocycles. The molecule has 0 saturated heterocycles. The van der Waals surface area contributed by atoms with Gasteiger partial charge in [0, 0.05) is 11.9 Å². The molecule has 22 heavy (non-hydrogen) atoms. The molecule has 0 aliphatic rings. The fourth-order valence-corrected chi connectivity index (χ4v) is 2.03. The first-order valence-electron chi connectivity index (χ1n) is 7.03. The van der Waals surface area contributed by atoms with Crippen molar-refractivity contribution in [2.75, 3.05) is 6.54 Å². The van der Waals surface area contributed by atoms with Gasteiger partial charge < -0.3 is 10.4 Å². The second-order valence-electron chi connectivity index (χ2n) is 5.54. The zero-order valence-corrected chi connectivity index (χ0v) is 12.6. The fourth-order valence-electron chi connectivity index (χ4n) is 2.03. The van der Waals surface area contributed by atoms with E-state index in [1.165, 1.54) is 24.3 Å². The minimum absolute atomic E-state index is 0.0523. The minimum Gasteiger partial charge on any atom is -0.384 e. The van der Waals surface area contributed by atoms with Gasteiger partial charge in [-0.1, -0.05) is 18.2 Å². The van der Waals surface area contributed by atoms with E-state index in [-0.39, 0.29) is 24.7 Å². The number of pyridine rings is 1. The van der Waals surface area contributed by atoms with Crippen molar-refractivity contribution in [2.24, 2.45) is 0 Å². The van der Waals surface area contributed by atoms with E-state index in [1.54, 1.807) is 13.1 Å². The van der Waals surface area contributed by atoms with E-state index in [2.05, 4.69) is 10.3 Å². The topological polar surface area (TPSA) is 62.2 Å². The molecule has 0 bridgehead atoms. The summed E-state index contributed by atoms with van der Waals surface area (Å²) in [5.74, 6) is -0.566. The highest BCUT2D eigenvalue weighted by Crippen LogP contribution is 2.19. The van der Waals surface area contributed by atoms with Crippen molar-refractivity contribution in [3.63, 3.8) is 0 Å². The van der Waals surface area contributed by atoms with Crippen LogP contribution in [0.15, 0.2) is 42.6 Å². The summed E-state index contributed by atoms with van der Waals surface area (Å²) in [5, 5.41) is 13.1. The quantitative estimate of drug-likeness (QED) is 0.889. The van der Waals surface area contributed by atoms with E-state index in [4.69, 9.17) is 0 Å². The lowest BCUT2D eigenvalue weighted by Crippen LogP contribution is -2.39. The maximum atomic E-state index is 12.9. The first-order valence-corrected chi connectivity index (χ1v) is 7.03. The maximum absolute atomic E-state index is 12.9. The number of hydrogen-bond donors (Lipinski definition) is 2. The molecule has 116 valence electrons. The number of nitrogens with zero attached hydrogens (tertiary/aromatic N) is 1. The van der Waals surface area contributed by atoms with Crippen LogP contribution in [0.1, 0.15) is 23.7 Å². The molecule has 2 rings (SSSR count). The van der Waals surface area contributed by atoms with Gasteiger partial charge in [-0.05, 0) is 43.2 Å². The molecule has 1 unspecified atom stereocenters. The van der Waals surface area contributed by atoms with Crippen molar-refractivity contribution in [2.45, 2.75) is 25.9 Å². The molecule has 1 heterocycles. The Morgan fingerprint density at radius 1 is 1.27 bits per heavy atom. The van der Waals surface area contributed by atoms with Gasteiger partial charge >= 0.3 is 0 Å². The summed E-state index contributed by atoms with van der Waals surface area (Å²) in [5.41, 5.74) is 0.994. The fraction of sp³-hybridized carbons (Fsp3) is 0.294. The molecule has 5 heteroatoms. The Labute approximate surface area is 129 Å². The van der Waals surface area contributed by atoms with Gasteiger partial charge in [-0.2, -0.15) is 0 Å². The molecular weight excluding hydrogens is 283 g/mol. The van der Waals surface area contributed by atoms with Gasteiger partial charge in [0.05, 0.1) is 13.0 Å². The number of benzene rings is 1. The third-order valence-electron chi connectivity index (χ3n) is 3.43. The Morgan fingerprint density at radius 3 is 2.55 bits per heavy atom. The number of aromatic nitrogens is 1. The predicted octanol–water partition coefficient (Wildman–Crippen LogP) is 2.10. The number of aryl methyl sites for hydroxylation is 1. The summed E-state index contributed by atoms with van der Waals surface area (Å²) in [4.78, 5) is 16.1. The third kappa shape index (κ3) is 4.36. The smallest absolute Gasteiger partial charge is 0.224 e. The molecule has 0 saturated carbocycles. The summed E-state index contributed by atoms with van der Waals surface area (Å²) in [6.45, 7) is 3.51. The molecule has 1 amide bonds. The zero-order chi connectivity index (χ0) is 16.2. The standard InChI is InChI=1S/C17H19FN2O2/c1-12-3-4-13(10-19-12)9-16(21)20-11-17(2,22)14-5-7-15(18)8-6-14/h3-8,10,22H,9,11H2,1-2H3,(H,20,21). The lowest BCUT2D eigenvalue weighted by atomic mass is 9.96. The van der Waals surface area contributed by atoms with Gasteiger partial charge in [0.2, 0.25) is 5.91 Å². The lowest BCUT2D eigenvalue weighted by Gasteiger charge is -2.24. The average molecular weight is 302 g/mol. The average Bonchev–Trinajstić information content (AvgIpc) is 2.48. The van der Waals surface area contributed by atoms with Crippen LogP contribution < -0.4 is 5.32 Å². The Morgan fingerprint density at radius 2 is 1.95 bits per heavy atom. The largest absolute Gasteiger partial charge is 0.384 e. The second kappa shape index (κ2) is 6.66. The van der Waals surface area contributed by atoms with E-state index < -0.39 is 5.60 Å².